The molecule has 0 saturated carbocycles. The number of hydrogen-bond acceptors (Lipinski definition) is 5. The zero-order chi connectivity index (χ0) is 20.3. The number of β-amino-alcohol motifs (C(OH)–C–C–N with tert-alkyl or cyclic N) is 1. The summed E-state index contributed by atoms with van der Waals surface area (Å²) < 4.78 is 5.45. The van der Waals surface area contributed by atoms with E-state index in [1.165, 1.54) is 4.90 Å². The second-order valence-corrected chi connectivity index (χ2v) is 6.67. The summed E-state index contributed by atoms with van der Waals surface area (Å²) >= 11 is 0. The summed E-state index contributed by atoms with van der Waals surface area (Å²) in [5.74, 6) is -1.06. The molecule has 1 aliphatic heterocycles. The number of carbonyl (C=O) groups is 2. The molecule has 0 bridgehead atoms. The van der Waals surface area contributed by atoms with Crippen molar-refractivity contribution in [2.75, 3.05) is 13.2 Å². The molecule has 2 aromatic carbocycles. The van der Waals surface area contributed by atoms with Crippen molar-refractivity contribution < 1.29 is 24.5 Å². The monoisotopic (exact) mass is 381 g/mol. The van der Waals surface area contributed by atoms with E-state index < -0.39 is 23.8 Å². The van der Waals surface area contributed by atoms with Crippen molar-refractivity contribution in [3.63, 3.8) is 0 Å². The molecule has 1 fully saturated rings. The quantitative estimate of drug-likeness (QED) is 0.456. The number of aliphatic hydroxyl groups is 2. The number of ether oxygens (including phenoxy) is 1. The average molecular weight is 381 g/mol. The first kappa shape index (κ1) is 19.6. The van der Waals surface area contributed by atoms with E-state index in [0.29, 0.717) is 23.5 Å². The predicted molar refractivity (Wildman–Crippen MR) is 105 cm³/mol. The van der Waals surface area contributed by atoms with Crippen molar-refractivity contribution >= 4 is 17.4 Å². The number of Topliss-reactive ketones (excluding diaryl/α,β-unsaturated/α-hetero) is 1. The molecule has 28 heavy (non-hydrogen) atoms. The fourth-order valence-electron chi connectivity index (χ4n) is 3.36. The number of nitrogens with zero attached hydrogens (tertiary/aromatic N) is 1. The van der Waals surface area contributed by atoms with Gasteiger partial charge in [-0.2, -0.15) is 0 Å². The van der Waals surface area contributed by atoms with E-state index in [0.717, 1.165) is 0 Å². The second kappa shape index (κ2) is 8.27. The Kier molecular flexibility index (Phi) is 5.80. The van der Waals surface area contributed by atoms with Crippen LogP contribution in [0.3, 0.4) is 0 Å². The zero-order valence-electron chi connectivity index (χ0n) is 15.8. The lowest BCUT2D eigenvalue weighted by Gasteiger charge is -2.26. The van der Waals surface area contributed by atoms with Crippen LogP contribution in [0.1, 0.15) is 31.0 Å². The van der Waals surface area contributed by atoms with Crippen LogP contribution in [-0.2, 0) is 9.59 Å². The summed E-state index contributed by atoms with van der Waals surface area (Å²) in [6.07, 6.45) is -0.819. The molecule has 1 amide bonds. The summed E-state index contributed by atoms with van der Waals surface area (Å²) in [6.45, 7) is 3.93. The summed E-state index contributed by atoms with van der Waals surface area (Å²) in [6, 6.07) is 14.9. The van der Waals surface area contributed by atoms with E-state index >= 15 is 0 Å². The Hall–Kier alpha value is -3.12. The van der Waals surface area contributed by atoms with Crippen molar-refractivity contribution in [3.8, 4) is 5.75 Å². The first-order valence-corrected chi connectivity index (χ1v) is 9.18. The molecule has 2 unspecified atom stereocenters. The Morgan fingerprint density at radius 2 is 1.75 bits per heavy atom. The summed E-state index contributed by atoms with van der Waals surface area (Å²) in [5, 5.41) is 20.7. The maximum Gasteiger partial charge on any atom is 0.295 e. The second-order valence-electron chi connectivity index (χ2n) is 6.67. The van der Waals surface area contributed by atoms with E-state index in [1.54, 1.807) is 61.5 Å². The van der Waals surface area contributed by atoms with Crippen LogP contribution in [-0.4, -0.2) is 46.1 Å². The van der Waals surface area contributed by atoms with Crippen molar-refractivity contribution in [1.82, 2.24) is 4.90 Å². The number of ketones is 1. The molecule has 2 aromatic rings. The van der Waals surface area contributed by atoms with Crippen LogP contribution in [0, 0.1) is 0 Å². The Morgan fingerprint density at radius 1 is 1.11 bits per heavy atom. The van der Waals surface area contributed by atoms with Crippen LogP contribution in [0.25, 0.3) is 5.76 Å². The third-order valence-electron chi connectivity index (χ3n) is 4.55. The summed E-state index contributed by atoms with van der Waals surface area (Å²) in [5.41, 5.74) is 1.12. The number of likely N-dealkylation sites (tertiary alicyclic amines) is 1. The van der Waals surface area contributed by atoms with Crippen LogP contribution >= 0.6 is 0 Å². The number of rotatable bonds is 6. The minimum atomic E-state index is -0.819. The fraction of sp³-hybridized carbons (Fsp3) is 0.273. The lowest BCUT2D eigenvalue weighted by Crippen LogP contribution is -2.35. The number of amides is 1. The van der Waals surface area contributed by atoms with Crippen molar-refractivity contribution in [2.45, 2.75) is 26.0 Å². The SMILES string of the molecule is CCOc1ccc(C2C(=C(O)c3ccccc3)C(=O)C(=O)N2CC(C)O)cc1. The van der Waals surface area contributed by atoms with Gasteiger partial charge in [-0.15, -0.1) is 0 Å². The van der Waals surface area contributed by atoms with Crippen LogP contribution in [0.15, 0.2) is 60.2 Å². The van der Waals surface area contributed by atoms with Gasteiger partial charge >= 0.3 is 0 Å². The average Bonchev–Trinajstić information content (AvgIpc) is 2.93. The number of aliphatic hydroxyl groups excluding tert-OH is 2. The minimum absolute atomic E-state index is 0.0148. The lowest BCUT2D eigenvalue weighted by molar-refractivity contribution is -0.140. The highest BCUT2D eigenvalue weighted by Gasteiger charge is 2.46. The standard InChI is InChI=1S/C22H23NO5/c1-3-28-17-11-9-15(10-12-17)19-18(20(25)16-7-5-4-6-8-16)21(26)22(27)23(19)13-14(2)24/h4-12,14,19,24-25H,3,13H2,1-2H3. The van der Waals surface area contributed by atoms with Gasteiger partial charge in [-0.05, 0) is 31.5 Å². The van der Waals surface area contributed by atoms with Crippen LogP contribution in [0.5, 0.6) is 5.75 Å². The Balaban J connectivity index is 2.12. The van der Waals surface area contributed by atoms with Crippen LogP contribution < -0.4 is 4.74 Å². The summed E-state index contributed by atoms with van der Waals surface area (Å²) in [4.78, 5) is 26.7. The Labute approximate surface area is 163 Å². The predicted octanol–water partition coefficient (Wildman–Crippen LogP) is 2.89. The molecule has 1 aliphatic rings. The maximum absolute atomic E-state index is 12.7. The molecular weight excluding hydrogens is 358 g/mol. The highest BCUT2D eigenvalue weighted by atomic mass is 16.5. The van der Waals surface area contributed by atoms with E-state index in [1.807, 2.05) is 6.92 Å². The third-order valence-corrected chi connectivity index (χ3v) is 4.55. The van der Waals surface area contributed by atoms with Gasteiger partial charge in [0.25, 0.3) is 11.7 Å². The van der Waals surface area contributed by atoms with E-state index in [9.17, 15) is 19.8 Å². The zero-order valence-corrected chi connectivity index (χ0v) is 15.8. The molecule has 0 aromatic heterocycles. The lowest BCUT2D eigenvalue weighted by atomic mass is 9.95. The third kappa shape index (κ3) is 3.77. The number of carbonyl (C=O) groups excluding carboxylic acids is 2. The van der Waals surface area contributed by atoms with Gasteiger partial charge in [-0.25, -0.2) is 0 Å². The molecule has 0 spiro atoms. The molecule has 2 atom stereocenters. The van der Waals surface area contributed by atoms with Gasteiger partial charge < -0.3 is 19.8 Å². The molecule has 1 saturated heterocycles. The van der Waals surface area contributed by atoms with E-state index in [-0.39, 0.29) is 17.9 Å². The highest BCUT2D eigenvalue weighted by Crippen LogP contribution is 2.39. The van der Waals surface area contributed by atoms with Crippen LogP contribution in [0.4, 0.5) is 0 Å². The fourth-order valence-corrected chi connectivity index (χ4v) is 3.36. The van der Waals surface area contributed by atoms with Gasteiger partial charge in [-0.1, -0.05) is 42.5 Å². The smallest absolute Gasteiger partial charge is 0.295 e. The van der Waals surface area contributed by atoms with Gasteiger partial charge in [0.1, 0.15) is 11.5 Å². The molecule has 1 heterocycles. The first-order valence-electron chi connectivity index (χ1n) is 9.18. The Bertz CT molecular complexity index is 887. The van der Waals surface area contributed by atoms with Crippen molar-refractivity contribution in [2.24, 2.45) is 0 Å². The number of hydrogen-bond donors (Lipinski definition) is 2. The molecule has 0 aliphatic carbocycles. The van der Waals surface area contributed by atoms with Gasteiger partial charge in [0, 0.05) is 12.1 Å². The Morgan fingerprint density at radius 3 is 2.32 bits per heavy atom. The van der Waals surface area contributed by atoms with Gasteiger partial charge in [0.05, 0.1) is 24.3 Å². The van der Waals surface area contributed by atoms with Gasteiger partial charge in [0.2, 0.25) is 0 Å². The van der Waals surface area contributed by atoms with Crippen LogP contribution in [0.2, 0.25) is 0 Å². The first-order chi connectivity index (χ1) is 13.4. The maximum atomic E-state index is 12.7. The molecule has 146 valence electrons. The largest absolute Gasteiger partial charge is 0.507 e. The molecule has 3 rings (SSSR count). The van der Waals surface area contributed by atoms with Gasteiger partial charge in [0.15, 0.2) is 0 Å². The number of benzene rings is 2. The van der Waals surface area contributed by atoms with Gasteiger partial charge in [-0.3, -0.25) is 9.59 Å². The molecule has 2 N–H and O–H groups in total. The normalized spacial score (nSPS) is 19.7. The minimum Gasteiger partial charge on any atom is -0.507 e. The summed E-state index contributed by atoms with van der Waals surface area (Å²) in [7, 11) is 0. The van der Waals surface area contributed by atoms with Crippen molar-refractivity contribution in [1.29, 1.82) is 0 Å². The topological polar surface area (TPSA) is 87.1 Å². The molecule has 0 radical (unpaired) electrons. The molecular formula is C22H23NO5. The molecule has 6 nitrogen and oxygen atoms in total. The highest BCUT2D eigenvalue weighted by molar-refractivity contribution is 6.46. The van der Waals surface area contributed by atoms with E-state index in [4.69, 9.17) is 4.74 Å². The van der Waals surface area contributed by atoms with E-state index in [2.05, 4.69) is 0 Å². The molecule has 6 heteroatoms. The van der Waals surface area contributed by atoms with Crippen molar-refractivity contribution in [3.05, 3.63) is 71.3 Å².